The molecule has 3 heteroatoms. The lowest BCUT2D eigenvalue weighted by Gasteiger charge is -2.33. The van der Waals surface area contributed by atoms with Crippen molar-refractivity contribution in [1.29, 1.82) is 0 Å². The van der Waals surface area contributed by atoms with Crippen LogP contribution in [0.1, 0.15) is 19.3 Å². The van der Waals surface area contributed by atoms with Crippen molar-refractivity contribution in [3.8, 4) is 0 Å². The molecule has 1 aliphatic carbocycles. The van der Waals surface area contributed by atoms with Crippen LogP contribution in [-0.2, 0) is 9.53 Å². The van der Waals surface area contributed by atoms with Gasteiger partial charge in [-0.05, 0) is 19.3 Å². The second kappa shape index (κ2) is 4.14. The number of nitrogens with zero attached hydrogens (tertiary/aromatic N) is 1. The second-order valence-electron chi connectivity index (χ2n) is 3.09. The van der Waals surface area contributed by atoms with E-state index in [-0.39, 0.29) is 5.97 Å². The van der Waals surface area contributed by atoms with Gasteiger partial charge < -0.3 is 9.64 Å². The van der Waals surface area contributed by atoms with Crippen molar-refractivity contribution in [3.05, 3.63) is 12.3 Å². The molecule has 3 nitrogen and oxygen atoms in total. The minimum absolute atomic E-state index is 0.291. The highest BCUT2D eigenvalue weighted by Crippen LogP contribution is 2.23. The van der Waals surface area contributed by atoms with Crippen molar-refractivity contribution in [1.82, 2.24) is 4.90 Å². The van der Waals surface area contributed by atoms with E-state index < -0.39 is 0 Å². The molecule has 68 valence electrons. The van der Waals surface area contributed by atoms with Crippen LogP contribution in [0.2, 0.25) is 0 Å². The summed E-state index contributed by atoms with van der Waals surface area (Å²) >= 11 is 0. The summed E-state index contributed by atoms with van der Waals surface area (Å²) in [5.74, 6) is -0.291. The highest BCUT2D eigenvalue weighted by Gasteiger charge is 2.19. The maximum atomic E-state index is 10.7. The van der Waals surface area contributed by atoms with E-state index in [0.29, 0.717) is 6.04 Å². The number of hydrogen-bond acceptors (Lipinski definition) is 3. The van der Waals surface area contributed by atoms with Gasteiger partial charge in [-0.15, -0.1) is 0 Å². The first-order chi connectivity index (χ1) is 5.74. The Morgan fingerprint density at radius 2 is 2.25 bits per heavy atom. The summed E-state index contributed by atoms with van der Waals surface area (Å²) in [5, 5.41) is 0. The third-order valence-corrected chi connectivity index (χ3v) is 2.30. The number of methoxy groups -OCH3 is 1. The van der Waals surface area contributed by atoms with E-state index in [0.717, 1.165) is 0 Å². The third-order valence-electron chi connectivity index (χ3n) is 2.30. The van der Waals surface area contributed by atoms with Crippen LogP contribution in [0.3, 0.4) is 0 Å². The molecule has 1 fully saturated rings. The normalized spacial score (nSPS) is 17.5. The number of esters is 1. The van der Waals surface area contributed by atoms with Crippen LogP contribution < -0.4 is 0 Å². The first-order valence-electron chi connectivity index (χ1n) is 4.22. The fourth-order valence-electron chi connectivity index (χ4n) is 1.16. The van der Waals surface area contributed by atoms with Crippen molar-refractivity contribution in [2.45, 2.75) is 25.3 Å². The van der Waals surface area contributed by atoms with Crippen LogP contribution >= 0.6 is 0 Å². The fraction of sp³-hybridized carbons (Fsp3) is 0.667. The zero-order chi connectivity index (χ0) is 8.97. The van der Waals surface area contributed by atoms with Crippen LogP contribution in [-0.4, -0.2) is 31.1 Å². The predicted molar refractivity (Wildman–Crippen MR) is 46.6 cm³/mol. The van der Waals surface area contributed by atoms with Crippen molar-refractivity contribution in [2.75, 3.05) is 14.2 Å². The summed E-state index contributed by atoms with van der Waals surface area (Å²) in [6.07, 6.45) is 7.03. The van der Waals surface area contributed by atoms with Crippen molar-refractivity contribution in [2.24, 2.45) is 0 Å². The van der Waals surface area contributed by atoms with Crippen LogP contribution in [0, 0.1) is 0 Å². The molecule has 0 heterocycles. The van der Waals surface area contributed by atoms with Gasteiger partial charge in [0.2, 0.25) is 0 Å². The first-order valence-corrected chi connectivity index (χ1v) is 4.22. The average Bonchev–Trinajstić information content (AvgIpc) is 1.97. The standard InChI is InChI=1S/C9H15NO2/c1-10(8-4-3-5-8)7-6-9(11)12-2/h6-8H,3-5H2,1-2H3/b7-6+. The topological polar surface area (TPSA) is 29.5 Å². The maximum Gasteiger partial charge on any atom is 0.331 e. The average molecular weight is 169 g/mol. The summed E-state index contributed by atoms with van der Waals surface area (Å²) in [7, 11) is 3.37. The minimum atomic E-state index is -0.291. The molecule has 1 rings (SSSR count). The zero-order valence-electron chi connectivity index (χ0n) is 7.62. The summed E-state index contributed by atoms with van der Waals surface area (Å²) in [5.41, 5.74) is 0. The Bertz CT molecular complexity index is 185. The molecule has 0 aromatic carbocycles. The highest BCUT2D eigenvalue weighted by atomic mass is 16.5. The van der Waals surface area contributed by atoms with Gasteiger partial charge in [0, 0.05) is 25.4 Å². The van der Waals surface area contributed by atoms with E-state index in [1.54, 1.807) is 6.20 Å². The van der Waals surface area contributed by atoms with Crippen LogP contribution in [0.5, 0.6) is 0 Å². The predicted octanol–water partition coefficient (Wildman–Crippen LogP) is 1.16. The van der Waals surface area contributed by atoms with E-state index in [1.165, 1.54) is 32.4 Å². The van der Waals surface area contributed by atoms with Crippen molar-refractivity contribution < 1.29 is 9.53 Å². The molecule has 0 spiro atoms. The molecular formula is C9H15NO2. The molecule has 0 aromatic rings. The van der Waals surface area contributed by atoms with Crippen molar-refractivity contribution in [3.63, 3.8) is 0 Å². The monoisotopic (exact) mass is 169 g/mol. The van der Waals surface area contributed by atoms with Gasteiger partial charge in [0.1, 0.15) is 0 Å². The lowest BCUT2D eigenvalue weighted by atomic mass is 9.92. The zero-order valence-corrected chi connectivity index (χ0v) is 7.62. The summed E-state index contributed by atoms with van der Waals surface area (Å²) in [4.78, 5) is 12.8. The van der Waals surface area contributed by atoms with E-state index in [4.69, 9.17) is 0 Å². The van der Waals surface area contributed by atoms with Gasteiger partial charge in [0.05, 0.1) is 7.11 Å². The fourth-order valence-corrected chi connectivity index (χ4v) is 1.16. The van der Waals surface area contributed by atoms with Gasteiger partial charge >= 0.3 is 5.97 Å². The molecule has 0 saturated heterocycles. The van der Waals surface area contributed by atoms with Crippen LogP contribution in [0.4, 0.5) is 0 Å². The molecule has 0 bridgehead atoms. The lowest BCUT2D eigenvalue weighted by Crippen LogP contribution is -2.33. The van der Waals surface area contributed by atoms with E-state index in [2.05, 4.69) is 9.64 Å². The molecule has 1 aliphatic rings. The summed E-state index contributed by atoms with van der Waals surface area (Å²) in [6.45, 7) is 0. The summed E-state index contributed by atoms with van der Waals surface area (Å²) in [6, 6.07) is 0.630. The number of ether oxygens (including phenoxy) is 1. The Balaban J connectivity index is 2.28. The SMILES string of the molecule is COC(=O)/C=C/N(C)C1CCC1. The molecule has 0 N–H and O–H groups in total. The summed E-state index contributed by atoms with van der Waals surface area (Å²) < 4.78 is 4.48. The lowest BCUT2D eigenvalue weighted by molar-refractivity contribution is -0.134. The number of carbonyl (C=O) groups excluding carboxylic acids is 1. The van der Waals surface area contributed by atoms with Crippen LogP contribution in [0.25, 0.3) is 0 Å². The molecule has 0 atom stereocenters. The second-order valence-corrected chi connectivity index (χ2v) is 3.09. The smallest absolute Gasteiger partial charge is 0.331 e. The van der Waals surface area contributed by atoms with Gasteiger partial charge in [-0.2, -0.15) is 0 Å². The molecule has 0 aromatic heterocycles. The molecule has 0 radical (unpaired) electrons. The Labute approximate surface area is 73.0 Å². The molecule has 0 aliphatic heterocycles. The minimum Gasteiger partial charge on any atom is -0.466 e. The molecule has 12 heavy (non-hydrogen) atoms. The number of rotatable bonds is 3. The Morgan fingerprint density at radius 3 is 2.67 bits per heavy atom. The Hall–Kier alpha value is -0.990. The number of hydrogen-bond donors (Lipinski definition) is 0. The van der Waals surface area contributed by atoms with E-state index in [9.17, 15) is 4.79 Å². The van der Waals surface area contributed by atoms with Gasteiger partial charge in [0.15, 0.2) is 0 Å². The highest BCUT2D eigenvalue weighted by molar-refractivity contribution is 5.81. The molecular weight excluding hydrogens is 154 g/mol. The number of carbonyl (C=O) groups is 1. The quantitative estimate of drug-likeness (QED) is 0.469. The first kappa shape index (κ1) is 9.10. The largest absolute Gasteiger partial charge is 0.466 e. The van der Waals surface area contributed by atoms with Crippen LogP contribution in [0.15, 0.2) is 12.3 Å². The third kappa shape index (κ3) is 2.26. The molecule has 1 saturated carbocycles. The Kier molecular flexibility index (Phi) is 3.14. The van der Waals surface area contributed by atoms with Gasteiger partial charge in [-0.25, -0.2) is 4.79 Å². The van der Waals surface area contributed by atoms with Gasteiger partial charge in [0.25, 0.3) is 0 Å². The van der Waals surface area contributed by atoms with Crippen molar-refractivity contribution >= 4 is 5.97 Å². The maximum absolute atomic E-state index is 10.7. The molecule has 0 amide bonds. The van der Waals surface area contributed by atoms with Gasteiger partial charge in [-0.3, -0.25) is 0 Å². The van der Waals surface area contributed by atoms with Gasteiger partial charge in [-0.1, -0.05) is 0 Å². The van der Waals surface area contributed by atoms with E-state index in [1.807, 2.05) is 7.05 Å². The Morgan fingerprint density at radius 1 is 1.58 bits per heavy atom. The van der Waals surface area contributed by atoms with E-state index >= 15 is 0 Å². The molecule has 0 unspecified atom stereocenters.